The summed E-state index contributed by atoms with van der Waals surface area (Å²) in [5, 5.41) is 0. The molecule has 0 unspecified atom stereocenters. The molecule has 0 radical (unpaired) electrons. The number of rotatable bonds is 1. The van der Waals surface area contributed by atoms with E-state index in [0.717, 1.165) is 6.07 Å². The highest BCUT2D eigenvalue weighted by Gasteiger charge is 1.99. The maximum absolute atomic E-state index is 12.5. The standard InChI is InChI=1S/C7H7F2N/c8-6-2-1-5(4-10)7(9)3-6/h1-3H,4,10H2/i10+1. The van der Waals surface area contributed by atoms with Crippen molar-refractivity contribution in [2.45, 2.75) is 6.54 Å². The maximum atomic E-state index is 12.5. The lowest BCUT2D eigenvalue weighted by atomic mass is 10.2. The Morgan fingerprint density at radius 3 is 2.50 bits per heavy atom. The highest BCUT2D eigenvalue weighted by atomic mass is 19.1. The normalized spacial score (nSPS) is 9.90. The Morgan fingerprint density at radius 1 is 1.30 bits per heavy atom. The molecule has 10 heavy (non-hydrogen) atoms. The zero-order chi connectivity index (χ0) is 7.56. The zero-order valence-corrected chi connectivity index (χ0v) is 5.27. The number of hydrogen-bond acceptors (Lipinski definition) is 1. The fourth-order valence-electron chi connectivity index (χ4n) is 0.687. The van der Waals surface area contributed by atoms with Crippen LogP contribution in [0.1, 0.15) is 5.56 Å². The Balaban J connectivity index is 3.07. The molecule has 0 saturated heterocycles. The summed E-state index contributed by atoms with van der Waals surface area (Å²) in [6.07, 6.45) is 0. The summed E-state index contributed by atoms with van der Waals surface area (Å²) in [4.78, 5) is 0. The van der Waals surface area contributed by atoms with Gasteiger partial charge in [0.25, 0.3) is 0 Å². The van der Waals surface area contributed by atoms with Crippen molar-refractivity contribution in [3.05, 3.63) is 35.4 Å². The molecule has 3 heteroatoms. The van der Waals surface area contributed by atoms with E-state index in [1.807, 2.05) is 0 Å². The SMILES string of the molecule is [15NH2]Cc1ccc(F)cc1F. The average Bonchev–Trinajstić information content (AvgIpc) is 1.88. The van der Waals surface area contributed by atoms with E-state index in [0.29, 0.717) is 5.56 Å². The van der Waals surface area contributed by atoms with Gasteiger partial charge in [-0.3, -0.25) is 0 Å². The van der Waals surface area contributed by atoms with Crippen molar-refractivity contribution in [1.82, 2.24) is 0 Å². The van der Waals surface area contributed by atoms with Crippen molar-refractivity contribution >= 4 is 0 Å². The average molecular weight is 144 g/mol. The van der Waals surface area contributed by atoms with Gasteiger partial charge in [0.1, 0.15) is 11.6 Å². The van der Waals surface area contributed by atoms with Gasteiger partial charge in [-0.15, -0.1) is 0 Å². The minimum Gasteiger partial charge on any atom is -0.326 e. The van der Waals surface area contributed by atoms with Crippen molar-refractivity contribution in [1.29, 1.82) is 0 Å². The van der Waals surface area contributed by atoms with Gasteiger partial charge in [0.05, 0.1) is 0 Å². The minimum atomic E-state index is -0.581. The summed E-state index contributed by atoms with van der Waals surface area (Å²) in [5.41, 5.74) is 5.47. The van der Waals surface area contributed by atoms with Gasteiger partial charge >= 0.3 is 0 Å². The third-order valence-electron chi connectivity index (χ3n) is 1.24. The molecule has 0 saturated carbocycles. The molecule has 0 aliphatic carbocycles. The Kier molecular flexibility index (Phi) is 1.97. The van der Waals surface area contributed by atoms with Crippen molar-refractivity contribution in [3.8, 4) is 0 Å². The van der Waals surface area contributed by atoms with Gasteiger partial charge in [-0.05, 0) is 6.07 Å². The summed E-state index contributed by atoms with van der Waals surface area (Å²) in [5.74, 6) is -1.16. The minimum absolute atomic E-state index is 0.103. The largest absolute Gasteiger partial charge is 0.326 e. The first-order chi connectivity index (χ1) is 4.74. The van der Waals surface area contributed by atoms with Gasteiger partial charge in [0.15, 0.2) is 0 Å². The molecule has 0 aliphatic rings. The molecule has 1 aromatic carbocycles. The molecule has 0 aromatic heterocycles. The predicted octanol–water partition coefficient (Wildman–Crippen LogP) is 1.42. The molecule has 1 nitrogen and oxygen atoms in total. The fourth-order valence-corrected chi connectivity index (χ4v) is 0.687. The second kappa shape index (κ2) is 2.75. The second-order valence-corrected chi connectivity index (χ2v) is 1.94. The maximum Gasteiger partial charge on any atom is 0.130 e. The van der Waals surface area contributed by atoms with Gasteiger partial charge in [0, 0.05) is 18.2 Å². The van der Waals surface area contributed by atoms with Crippen LogP contribution in [0.4, 0.5) is 8.78 Å². The van der Waals surface area contributed by atoms with Crippen LogP contribution in [0.25, 0.3) is 0 Å². The highest BCUT2D eigenvalue weighted by Crippen LogP contribution is 2.07. The Morgan fingerprint density at radius 2 is 2.00 bits per heavy atom. The van der Waals surface area contributed by atoms with Gasteiger partial charge in [-0.1, -0.05) is 6.07 Å². The van der Waals surface area contributed by atoms with E-state index in [2.05, 4.69) is 0 Å². The van der Waals surface area contributed by atoms with E-state index in [4.69, 9.17) is 5.73 Å². The zero-order valence-electron chi connectivity index (χ0n) is 5.27. The first-order valence-electron chi connectivity index (χ1n) is 2.88. The van der Waals surface area contributed by atoms with E-state index in [1.165, 1.54) is 12.1 Å². The molecule has 0 spiro atoms. The van der Waals surface area contributed by atoms with E-state index < -0.39 is 11.6 Å². The molecule has 0 amide bonds. The molecule has 0 bridgehead atoms. The van der Waals surface area contributed by atoms with Gasteiger partial charge in [-0.2, -0.15) is 0 Å². The van der Waals surface area contributed by atoms with E-state index in [1.54, 1.807) is 0 Å². The van der Waals surface area contributed by atoms with Crippen molar-refractivity contribution in [2.75, 3.05) is 0 Å². The lowest BCUT2D eigenvalue weighted by Crippen LogP contribution is -1.99. The third-order valence-corrected chi connectivity index (χ3v) is 1.24. The molecule has 0 aliphatic heterocycles. The quantitative estimate of drug-likeness (QED) is 0.593. The summed E-state index contributed by atoms with van der Waals surface area (Å²) >= 11 is 0. The summed E-state index contributed by atoms with van der Waals surface area (Å²) in [7, 11) is 0. The van der Waals surface area contributed by atoms with E-state index in [9.17, 15) is 8.78 Å². The van der Waals surface area contributed by atoms with Gasteiger partial charge in [0.2, 0.25) is 0 Å². The van der Waals surface area contributed by atoms with Gasteiger partial charge < -0.3 is 5.73 Å². The van der Waals surface area contributed by atoms with E-state index >= 15 is 0 Å². The number of hydrogen-bond donors (Lipinski definition) is 1. The van der Waals surface area contributed by atoms with Crippen molar-refractivity contribution in [2.24, 2.45) is 5.73 Å². The Hall–Kier alpha value is -0.960. The molecule has 0 heterocycles. The van der Waals surface area contributed by atoms with Crippen LogP contribution < -0.4 is 5.73 Å². The molecule has 1 aromatic rings. The summed E-state index contributed by atoms with van der Waals surface area (Å²) in [6.45, 7) is 0.103. The first kappa shape index (κ1) is 7.15. The lowest BCUT2D eigenvalue weighted by molar-refractivity contribution is 0.572. The predicted molar refractivity (Wildman–Crippen MR) is 34.2 cm³/mol. The molecule has 0 fully saturated rings. The summed E-state index contributed by atoms with van der Waals surface area (Å²) in [6, 6.07) is 3.35. The second-order valence-electron chi connectivity index (χ2n) is 1.94. The molecule has 2 N–H and O–H groups in total. The topological polar surface area (TPSA) is 26.0 Å². The molecule has 54 valence electrons. The molecular weight excluding hydrogens is 137 g/mol. The van der Waals surface area contributed by atoms with Crippen LogP contribution >= 0.6 is 0 Å². The van der Waals surface area contributed by atoms with Gasteiger partial charge in [-0.25, -0.2) is 8.78 Å². The number of nitrogens with two attached hydrogens (primary N) is 1. The molecule has 0 atom stereocenters. The number of halogens is 2. The van der Waals surface area contributed by atoms with Crippen LogP contribution in [-0.4, -0.2) is 0 Å². The molecular formula is C7H7F2N. The van der Waals surface area contributed by atoms with Crippen LogP contribution in [-0.2, 0) is 6.54 Å². The summed E-state index contributed by atoms with van der Waals surface area (Å²) < 4.78 is 24.7. The fraction of sp³-hybridized carbons (Fsp3) is 0.143. The third kappa shape index (κ3) is 1.30. The van der Waals surface area contributed by atoms with Crippen LogP contribution in [0.15, 0.2) is 18.2 Å². The van der Waals surface area contributed by atoms with Crippen molar-refractivity contribution in [3.63, 3.8) is 0 Å². The van der Waals surface area contributed by atoms with Crippen LogP contribution in [0, 0.1) is 11.6 Å². The van der Waals surface area contributed by atoms with Crippen LogP contribution in [0.3, 0.4) is 0 Å². The highest BCUT2D eigenvalue weighted by molar-refractivity contribution is 5.17. The monoisotopic (exact) mass is 144 g/mol. The Bertz CT molecular complexity index is 235. The Labute approximate surface area is 57.5 Å². The van der Waals surface area contributed by atoms with E-state index in [-0.39, 0.29) is 6.54 Å². The lowest BCUT2D eigenvalue weighted by Gasteiger charge is -1.96. The molecule has 1 rings (SSSR count). The smallest absolute Gasteiger partial charge is 0.130 e. The van der Waals surface area contributed by atoms with Crippen LogP contribution in [0.2, 0.25) is 0 Å². The first-order valence-corrected chi connectivity index (χ1v) is 2.88. The van der Waals surface area contributed by atoms with Crippen molar-refractivity contribution < 1.29 is 8.78 Å². The van der Waals surface area contributed by atoms with Crippen LogP contribution in [0.5, 0.6) is 0 Å². The number of benzene rings is 1.